The topological polar surface area (TPSA) is 110 Å². The van der Waals surface area contributed by atoms with Crippen LogP contribution >= 0.6 is 11.6 Å². The Morgan fingerprint density at radius 1 is 1.30 bits per heavy atom. The molecule has 0 amide bonds. The van der Waals surface area contributed by atoms with Gasteiger partial charge in [-0.05, 0) is 19.4 Å². The molecule has 0 aliphatic carbocycles. The zero-order valence-electron chi connectivity index (χ0n) is 15.1. The highest BCUT2D eigenvalue weighted by atomic mass is 35.5. The summed E-state index contributed by atoms with van der Waals surface area (Å²) in [5, 5.41) is 21.0. The van der Waals surface area contributed by atoms with Crippen LogP contribution in [0.4, 0.5) is 5.69 Å². The van der Waals surface area contributed by atoms with Crippen molar-refractivity contribution in [3.63, 3.8) is 0 Å². The molecule has 9 heteroatoms. The normalized spacial score (nSPS) is 17.2. The SMILES string of the molecule is COC(=O)C1=C(C)N(CCCl)C(C)=C(C(=O)O)C1c1cccc([N+](=O)[O-])c1. The van der Waals surface area contributed by atoms with E-state index < -0.39 is 22.8 Å². The number of hydrogen-bond donors (Lipinski definition) is 1. The number of carbonyl (C=O) groups is 2. The lowest BCUT2D eigenvalue weighted by molar-refractivity contribution is -0.384. The Balaban J connectivity index is 2.79. The average molecular weight is 395 g/mol. The monoisotopic (exact) mass is 394 g/mol. The van der Waals surface area contributed by atoms with Crippen LogP contribution in [0.25, 0.3) is 0 Å². The van der Waals surface area contributed by atoms with Crippen molar-refractivity contribution in [2.24, 2.45) is 0 Å². The Kier molecular flexibility index (Phi) is 6.22. The summed E-state index contributed by atoms with van der Waals surface area (Å²) in [6.07, 6.45) is 0. The van der Waals surface area contributed by atoms with E-state index in [2.05, 4.69) is 0 Å². The Morgan fingerprint density at radius 2 is 1.93 bits per heavy atom. The first kappa shape index (κ1) is 20.4. The number of benzene rings is 1. The number of aliphatic carboxylic acids is 1. The fraction of sp³-hybridized carbons (Fsp3) is 0.333. The fourth-order valence-corrected chi connectivity index (χ4v) is 3.50. The molecule has 1 aliphatic rings. The van der Waals surface area contributed by atoms with Gasteiger partial charge in [-0.1, -0.05) is 12.1 Å². The van der Waals surface area contributed by atoms with Crippen LogP contribution in [0.1, 0.15) is 25.3 Å². The van der Waals surface area contributed by atoms with Gasteiger partial charge in [0.05, 0.1) is 29.1 Å². The number of alkyl halides is 1. The lowest BCUT2D eigenvalue weighted by Gasteiger charge is -2.37. The highest BCUT2D eigenvalue weighted by molar-refractivity contribution is 6.18. The molecule has 1 aromatic carbocycles. The van der Waals surface area contributed by atoms with Crippen LogP contribution in [0.5, 0.6) is 0 Å². The maximum atomic E-state index is 12.5. The summed E-state index contributed by atoms with van der Waals surface area (Å²) in [6.45, 7) is 3.60. The van der Waals surface area contributed by atoms with E-state index in [-0.39, 0.29) is 22.7 Å². The molecule has 0 saturated heterocycles. The first-order valence-corrected chi connectivity index (χ1v) is 8.59. The van der Waals surface area contributed by atoms with E-state index in [4.69, 9.17) is 16.3 Å². The summed E-state index contributed by atoms with van der Waals surface area (Å²) >= 11 is 5.84. The molecule has 1 aromatic rings. The van der Waals surface area contributed by atoms with Gasteiger partial charge >= 0.3 is 11.9 Å². The molecule has 0 bridgehead atoms. The zero-order valence-corrected chi connectivity index (χ0v) is 15.8. The summed E-state index contributed by atoms with van der Waals surface area (Å²) in [7, 11) is 1.20. The molecule has 0 fully saturated rings. The van der Waals surface area contributed by atoms with Crippen molar-refractivity contribution >= 4 is 29.2 Å². The van der Waals surface area contributed by atoms with Crippen LogP contribution in [-0.4, -0.2) is 46.4 Å². The predicted molar refractivity (Wildman–Crippen MR) is 98.3 cm³/mol. The van der Waals surface area contributed by atoms with Crippen molar-refractivity contribution in [2.45, 2.75) is 19.8 Å². The molecule has 1 aliphatic heterocycles. The minimum Gasteiger partial charge on any atom is -0.478 e. The number of ether oxygens (including phenoxy) is 1. The van der Waals surface area contributed by atoms with Crippen molar-refractivity contribution in [3.05, 3.63) is 62.5 Å². The third-order valence-electron chi connectivity index (χ3n) is 4.52. The van der Waals surface area contributed by atoms with E-state index in [1.807, 2.05) is 0 Å². The molecule has 0 aromatic heterocycles. The van der Waals surface area contributed by atoms with E-state index >= 15 is 0 Å². The summed E-state index contributed by atoms with van der Waals surface area (Å²) in [6, 6.07) is 5.59. The van der Waals surface area contributed by atoms with E-state index in [0.29, 0.717) is 23.5 Å². The predicted octanol–water partition coefficient (Wildman–Crippen LogP) is 3.04. The van der Waals surface area contributed by atoms with Gasteiger partial charge in [0, 0.05) is 36.0 Å². The van der Waals surface area contributed by atoms with Crippen molar-refractivity contribution in [3.8, 4) is 0 Å². The average Bonchev–Trinajstić information content (AvgIpc) is 2.63. The molecular weight excluding hydrogens is 376 g/mol. The number of hydrogen-bond acceptors (Lipinski definition) is 6. The van der Waals surface area contributed by atoms with Crippen LogP contribution in [0.15, 0.2) is 46.8 Å². The number of esters is 1. The molecular formula is C18H19ClN2O6. The number of allylic oxidation sites excluding steroid dienone is 2. The van der Waals surface area contributed by atoms with E-state index in [1.54, 1.807) is 24.8 Å². The van der Waals surface area contributed by atoms with Gasteiger partial charge < -0.3 is 14.7 Å². The largest absolute Gasteiger partial charge is 0.478 e. The van der Waals surface area contributed by atoms with Gasteiger partial charge in [0.1, 0.15) is 0 Å². The van der Waals surface area contributed by atoms with Crippen molar-refractivity contribution < 1.29 is 24.4 Å². The molecule has 1 unspecified atom stereocenters. The molecule has 1 N–H and O–H groups in total. The Labute approximate surface area is 160 Å². The molecule has 0 spiro atoms. The fourth-order valence-electron chi connectivity index (χ4n) is 3.33. The number of nitro benzene ring substituents is 1. The van der Waals surface area contributed by atoms with Gasteiger partial charge in [0.25, 0.3) is 5.69 Å². The molecule has 8 nitrogen and oxygen atoms in total. The summed E-state index contributed by atoms with van der Waals surface area (Å²) < 4.78 is 4.87. The molecule has 2 rings (SSSR count). The van der Waals surface area contributed by atoms with E-state index in [9.17, 15) is 24.8 Å². The second-order valence-electron chi connectivity index (χ2n) is 5.92. The van der Waals surface area contributed by atoms with Crippen molar-refractivity contribution in [2.75, 3.05) is 19.5 Å². The Bertz CT molecular complexity index is 861. The van der Waals surface area contributed by atoms with Crippen LogP contribution < -0.4 is 0 Å². The van der Waals surface area contributed by atoms with Crippen LogP contribution in [-0.2, 0) is 14.3 Å². The molecule has 0 saturated carbocycles. The second-order valence-corrected chi connectivity index (χ2v) is 6.30. The molecule has 1 atom stereocenters. The van der Waals surface area contributed by atoms with Crippen molar-refractivity contribution in [1.29, 1.82) is 0 Å². The number of nitrogens with zero attached hydrogens (tertiary/aromatic N) is 2. The van der Waals surface area contributed by atoms with E-state index in [1.165, 1.54) is 25.3 Å². The molecule has 27 heavy (non-hydrogen) atoms. The van der Waals surface area contributed by atoms with Gasteiger partial charge in [-0.3, -0.25) is 10.1 Å². The van der Waals surface area contributed by atoms with Gasteiger partial charge in [0.2, 0.25) is 0 Å². The first-order chi connectivity index (χ1) is 12.7. The number of nitro groups is 1. The van der Waals surface area contributed by atoms with E-state index in [0.717, 1.165) is 0 Å². The molecule has 0 radical (unpaired) electrons. The summed E-state index contributed by atoms with van der Waals surface area (Å²) in [5.41, 5.74) is 1.12. The Hall–Kier alpha value is -2.87. The van der Waals surface area contributed by atoms with Gasteiger partial charge in [-0.25, -0.2) is 9.59 Å². The number of rotatable bonds is 6. The quantitative estimate of drug-likeness (QED) is 0.341. The van der Waals surface area contributed by atoms with Crippen LogP contribution in [0.3, 0.4) is 0 Å². The first-order valence-electron chi connectivity index (χ1n) is 8.05. The smallest absolute Gasteiger partial charge is 0.336 e. The second kappa shape index (κ2) is 8.22. The standard InChI is InChI=1S/C18H19ClN2O6/c1-10-14(17(22)23)16(12-5-4-6-13(9-12)21(25)26)15(18(24)27-3)11(2)20(10)8-7-19/h4-6,9,16H,7-8H2,1-3H3,(H,22,23). The van der Waals surface area contributed by atoms with Gasteiger partial charge in [-0.2, -0.15) is 0 Å². The maximum absolute atomic E-state index is 12.5. The maximum Gasteiger partial charge on any atom is 0.336 e. The third kappa shape index (κ3) is 3.80. The number of carboxylic acid groups (broad SMARTS) is 1. The van der Waals surface area contributed by atoms with Gasteiger partial charge in [0.15, 0.2) is 0 Å². The lowest BCUT2D eigenvalue weighted by atomic mass is 9.79. The number of carboxylic acids is 1. The lowest BCUT2D eigenvalue weighted by Crippen LogP contribution is -2.35. The highest BCUT2D eigenvalue weighted by Gasteiger charge is 2.40. The zero-order chi connectivity index (χ0) is 20.3. The summed E-state index contributed by atoms with van der Waals surface area (Å²) in [5.74, 6) is -2.70. The third-order valence-corrected chi connectivity index (χ3v) is 4.69. The number of methoxy groups -OCH3 is 1. The van der Waals surface area contributed by atoms with Crippen LogP contribution in [0, 0.1) is 10.1 Å². The minimum atomic E-state index is -1.22. The highest BCUT2D eigenvalue weighted by Crippen LogP contribution is 2.42. The number of non-ortho nitro benzene ring substituents is 1. The van der Waals surface area contributed by atoms with Crippen molar-refractivity contribution in [1.82, 2.24) is 4.90 Å². The minimum absolute atomic E-state index is 0.0494. The van der Waals surface area contributed by atoms with Gasteiger partial charge in [-0.15, -0.1) is 11.6 Å². The molecule has 144 valence electrons. The molecule has 1 heterocycles. The number of carbonyl (C=O) groups excluding carboxylic acids is 1. The number of halogens is 1. The summed E-state index contributed by atoms with van der Waals surface area (Å²) in [4.78, 5) is 36.8. The van der Waals surface area contributed by atoms with Crippen LogP contribution in [0.2, 0.25) is 0 Å². The Morgan fingerprint density at radius 3 is 2.44 bits per heavy atom.